The van der Waals surface area contributed by atoms with Gasteiger partial charge in [0.2, 0.25) is 0 Å². The predicted molar refractivity (Wildman–Crippen MR) is 69.3 cm³/mol. The first-order valence-electron chi connectivity index (χ1n) is 5.84. The fraction of sp³-hybridized carbons (Fsp3) is 0.385. The van der Waals surface area contributed by atoms with Gasteiger partial charge in [-0.05, 0) is 18.2 Å². The fourth-order valence-electron chi connectivity index (χ4n) is 1.56. The van der Waals surface area contributed by atoms with Crippen molar-refractivity contribution in [3.05, 3.63) is 30.0 Å². The number of aromatic nitrogens is 2. The fourth-order valence-corrected chi connectivity index (χ4v) is 1.56. The molecule has 5 heteroatoms. The van der Waals surface area contributed by atoms with E-state index in [9.17, 15) is 4.79 Å². The minimum Gasteiger partial charge on any atom is -0.396 e. The number of nitrogens with zero attached hydrogens (tertiary/aromatic N) is 1. The number of hydrogen-bond acceptors (Lipinski definition) is 3. The molecule has 18 heavy (non-hydrogen) atoms. The van der Waals surface area contributed by atoms with Gasteiger partial charge >= 0.3 is 0 Å². The number of hydrogen-bond donors (Lipinski definition) is 3. The summed E-state index contributed by atoms with van der Waals surface area (Å²) in [6.45, 7) is 4.26. The lowest BCUT2D eigenvalue weighted by molar-refractivity contribution is 0.0911. The summed E-state index contributed by atoms with van der Waals surface area (Å²) < 4.78 is 0. The number of nitrogens with one attached hydrogen (secondary N) is 2. The van der Waals surface area contributed by atoms with Crippen LogP contribution >= 0.6 is 0 Å². The second-order valence-electron chi connectivity index (χ2n) is 5.18. The van der Waals surface area contributed by atoms with E-state index < -0.39 is 0 Å². The Kier molecular flexibility index (Phi) is 3.34. The smallest absolute Gasteiger partial charge is 0.251 e. The van der Waals surface area contributed by atoms with E-state index in [-0.39, 0.29) is 17.9 Å². The van der Waals surface area contributed by atoms with E-state index >= 15 is 0 Å². The van der Waals surface area contributed by atoms with Gasteiger partial charge in [0.05, 0.1) is 11.7 Å². The molecule has 0 aliphatic carbocycles. The molecule has 0 spiro atoms. The molecule has 0 aliphatic heterocycles. The highest BCUT2D eigenvalue weighted by Gasteiger charge is 2.18. The van der Waals surface area contributed by atoms with Crippen LogP contribution in [-0.2, 0) is 0 Å². The van der Waals surface area contributed by atoms with E-state index in [1.165, 1.54) is 0 Å². The molecule has 0 aliphatic rings. The van der Waals surface area contributed by atoms with Crippen LogP contribution in [-0.4, -0.2) is 34.4 Å². The Morgan fingerprint density at radius 3 is 3.00 bits per heavy atom. The molecule has 0 fully saturated rings. The maximum absolute atomic E-state index is 11.9. The third-order valence-corrected chi connectivity index (χ3v) is 2.86. The highest BCUT2D eigenvalue weighted by atomic mass is 16.3. The van der Waals surface area contributed by atoms with Gasteiger partial charge in [-0.3, -0.25) is 9.89 Å². The summed E-state index contributed by atoms with van der Waals surface area (Å²) in [4.78, 5) is 11.9. The number of amides is 1. The van der Waals surface area contributed by atoms with Gasteiger partial charge in [-0.1, -0.05) is 13.8 Å². The maximum atomic E-state index is 11.9. The Bertz CT molecular complexity index is 560. The maximum Gasteiger partial charge on any atom is 0.251 e. The van der Waals surface area contributed by atoms with Crippen molar-refractivity contribution in [2.45, 2.75) is 13.8 Å². The van der Waals surface area contributed by atoms with Gasteiger partial charge in [0.1, 0.15) is 0 Å². The molecule has 5 nitrogen and oxygen atoms in total. The van der Waals surface area contributed by atoms with E-state index in [0.717, 1.165) is 10.9 Å². The third-order valence-electron chi connectivity index (χ3n) is 2.86. The van der Waals surface area contributed by atoms with E-state index in [2.05, 4.69) is 15.5 Å². The number of rotatable bonds is 4. The lowest BCUT2D eigenvalue weighted by Crippen LogP contribution is -2.36. The highest BCUT2D eigenvalue weighted by Crippen LogP contribution is 2.14. The number of aliphatic hydroxyl groups excluding tert-OH is 1. The van der Waals surface area contributed by atoms with Crippen molar-refractivity contribution < 1.29 is 9.90 Å². The number of H-pyrrole nitrogens is 1. The molecule has 2 rings (SSSR count). The van der Waals surface area contributed by atoms with Crippen LogP contribution in [0.3, 0.4) is 0 Å². The predicted octanol–water partition coefficient (Wildman–Crippen LogP) is 1.31. The van der Waals surface area contributed by atoms with Crippen LogP contribution in [0.4, 0.5) is 0 Å². The number of benzene rings is 1. The van der Waals surface area contributed by atoms with Gasteiger partial charge in [-0.25, -0.2) is 0 Å². The molecule has 0 radical (unpaired) electrons. The molecule has 0 bridgehead atoms. The first-order chi connectivity index (χ1) is 8.52. The van der Waals surface area contributed by atoms with Crippen LogP contribution in [0.2, 0.25) is 0 Å². The van der Waals surface area contributed by atoms with Crippen molar-refractivity contribution in [2.75, 3.05) is 13.2 Å². The van der Waals surface area contributed by atoms with Crippen molar-refractivity contribution in [3.63, 3.8) is 0 Å². The van der Waals surface area contributed by atoms with Crippen molar-refractivity contribution in [3.8, 4) is 0 Å². The lowest BCUT2D eigenvalue weighted by Gasteiger charge is -2.21. The summed E-state index contributed by atoms with van der Waals surface area (Å²) in [6, 6.07) is 5.37. The molecular formula is C13H17N3O2. The molecule has 0 atom stereocenters. The van der Waals surface area contributed by atoms with E-state index in [4.69, 9.17) is 5.11 Å². The summed E-state index contributed by atoms with van der Waals surface area (Å²) in [5.74, 6) is -0.139. The Balaban J connectivity index is 2.08. The second-order valence-corrected chi connectivity index (χ2v) is 5.18. The third kappa shape index (κ3) is 2.68. The van der Waals surface area contributed by atoms with Crippen molar-refractivity contribution >= 4 is 16.8 Å². The molecule has 3 N–H and O–H groups in total. The molecule has 0 saturated heterocycles. The van der Waals surface area contributed by atoms with E-state index in [1.54, 1.807) is 18.3 Å². The Hall–Kier alpha value is -1.88. The standard InChI is InChI=1S/C13H17N3O2/c1-13(2,8-17)7-14-12(18)9-3-4-11-10(5-9)6-15-16-11/h3-6,17H,7-8H2,1-2H3,(H,14,18)(H,15,16). The second kappa shape index (κ2) is 4.78. The average molecular weight is 247 g/mol. The van der Waals surface area contributed by atoms with Gasteiger partial charge in [-0.2, -0.15) is 5.10 Å². The Morgan fingerprint density at radius 1 is 1.50 bits per heavy atom. The van der Waals surface area contributed by atoms with E-state index in [1.807, 2.05) is 19.9 Å². The highest BCUT2D eigenvalue weighted by molar-refractivity contribution is 5.97. The SMILES string of the molecule is CC(C)(CO)CNC(=O)c1ccc2[nH]ncc2c1. The Morgan fingerprint density at radius 2 is 2.28 bits per heavy atom. The van der Waals surface area contributed by atoms with Gasteiger partial charge in [-0.15, -0.1) is 0 Å². The number of aliphatic hydroxyl groups is 1. The number of carbonyl (C=O) groups excluding carboxylic acids is 1. The summed E-state index contributed by atoms with van der Waals surface area (Å²) >= 11 is 0. The van der Waals surface area contributed by atoms with Crippen LogP contribution in [0.15, 0.2) is 24.4 Å². The molecule has 1 aromatic carbocycles. The number of fused-ring (bicyclic) bond motifs is 1. The lowest BCUT2D eigenvalue weighted by atomic mass is 9.95. The molecule has 2 aromatic rings. The molecule has 0 unspecified atom stereocenters. The Labute approximate surface area is 105 Å². The normalized spacial score (nSPS) is 11.7. The van der Waals surface area contributed by atoms with Gasteiger partial charge in [0.15, 0.2) is 0 Å². The van der Waals surface area contributed by atoms with Gasteiger partial charge in [0, 0.05) is 29.5 Å². The van der Waals surface area contributed by atoms with Crippen molar-refractivity contribution in [1.29, 1.82) is 0 Å². The summed E-state index contributed by atoms with van der Waals surface area (Å²) in [7, 11) is 0. The number of carbonyl (C=O) groups is 1. The molecular weight excluding hydrogens is 230 g/mol. The van der Waals surface area contributed by atoms with Crippen LogP contribution < -0.4 is 5.32 Å². The summed E-state index contributed by atoms with van der Waals surface area (Å²) in [6.07, 6.45) is 1.68. The van der Waals surface area contributed by atoms with Crippen LogP contribution in [0.25, 0.3) is 10.9 Å². The molecule has 1 amide bonds. The molecule has 1 aromatic heterocycles. The summed E-state index contributed by atoms with van der Waals surface area (Å²) in [5.41, 5.74) is 1.19. The molecule has 1 heterocycles. The zero-order chi connectivity index (χ0) is 13.2. The minimum atomic E-state index is -0.310. The minimum absolute atomic E-state index is 0.0358. The first-order valence-corrected chi connectivity index (χ1v) is 5.84. The van der Waals surface area contributed by atoms with Gasteiger partial charge in [0.25, 0.3) is 5.91 Å². The largest absolute Gasteiger partial charge is 0.396 e. The first kappa shape index (κ1) is 12.6. The van der Waals surface area contributed by atoms with Crippen LogP contribution in [0.1, 0.15) is 24.2 Å². The number of aromatic amines is 1. The van der Waals surface area contributed by atoms with Crippen LogP contribution in [0.5, 0.6) is 0 Å². The topological polar surface area (TPSA) is 78.0 Å². The zero-order valence-electron chi connectivity index (χ0n) is 10.5. The zero-order valence-corrected chi connectivity index (χ0v) is 10.5. The van der Waals surface area contributed by atoms with Gasteiger partial charge < -0.3 is 10.4 Å². The molecule has 0 saturated carbocycles. The molecule has 96 valence electrons. The van der Waals surface area contributed by atoms with Crippen molar-refractivity contribution in [2.24, 2.45) is 5.41 Å². The van der Waals surface area contributed by atoms with Crippen molar-refractivity contribution in [1.82, 2.24) is 15.5 Å². The summed E-state index contributed by atoms with van der Waals surface area (Å²) in [5, 5.41) is 19.6. The average Bonchev–Trinajstić information content (AvgIpc) is 2.83. The van der Waals surface area contributed by atoms with E-state index in [0.29, 0.717) is 12.1 Å². The monoisotopic (exact) mass is 247 g/mol. The quantitative estimate of drug-likeness (QED) is 0.762. The van der Waals surface area contributed by atoms with Crippen LogP contribution in [0, 0.1) is 5.41 Å².